The monoisotopic (exact) mass is 354 g/mol. The molecule has 1 aliphatic rings. The van der Waals surface area contributed by atoms with Crippen LogP contribution >= 0.6 is 0 Å². The van der Waals surface area contributed by atoms with E-state index in [-0.39, 0.29) is 25.0 Å². The van der Waals surface area contributed by atoms with Crippen LogP contribution in [0.25, 0.3) is 0 Å². The summed E-state index contributed by atoms with van der Waals surface area (Å²) >= 11 is 0. The van der Waals surface area contributed by atoms with Gasteiger partial charge in [-0.3, -0.25) is 9.59 Å². The van der Waals surface area contributed by atoms with Crippen molar-refractivity contribution in [3.63, 3.8) is 0 Å². The molecule has 0 spiro atoms. The number of carbonyl (C=O) groups excluding carboxylic acids is 2. The van der Waals surface area contributed by atoms with E-state index >= 15 is 0 Å². The second kappa shape index (κ2) is 7.91. The van der Waals surface area contributed by atoms with Crippen LogP contribution in [0.1, 0.15) is 5.56 Å². The standard InChI is InChI=1S/C20H22N2O4/c1-15-7-9-16(10-8-15)22-12-11-21(13-19(22)23)20(24)14-26-18-6-4-3-5-17(18)25-2/h3-10H,11-14H2,1-2H3. The average Bonchev–Trinajstić information content (AvgIpc) is 2.67. The number of methoxy groups -OCH3 is 1. The molecule has 1 saturated heterocycles. The van der Waals surface area contributed by atoms with E-state index in [9.17, 15) is 9.59 Å². The lowest BCUT2D eigenvalue weighted by atomic mass is 10.2. The molecule has 0 unspecified atom stereocenters. The summed E-state index contributed by atoms with van der Waals surface area (Å²) in [6, 6.07) is 15.0. The Hall–Kier alpha value is -3.02. The molecule has 26 heavy (non-hydrogen) atoms. The van der Waals surface area contributed by atoms with E-state index in [4.69, 9.17) is 9.47 Å². The highest BCUT2D eigenvalue weighted by Crippen LogP contribution is 2.25. The molecular formula is C20H22N2O4. The van der Waals surface area contributed by atoms with Crippen molar-refractivity contribution in [1.29, 1.82) is 0 Å². The molecule has 1 heterocycles. The Morgan fingerprint density at radius 1 is 1.04 bits per heavy atom. The van der Waals surface area contributed by atoms with Crippen LogP contribution in [-0.2, 0) is 9.59 Å². The average molecular weight is 354 g/mol. The first kappa shape index (κ1) is 17.8. The maximum atomic E-state index is 12.4. The van der Waals surface area contributed by atoms with E-state index < -0.39 is 0 Å². The smallest absolute Gasteiger partial charge is 0.261 e. The molecule has 0 aromatic heterocycles. The summed E-state index contributed by atoms with van der Waals surface area (Å²) in [6.45, 7) is 2.89. The van der Waals surface area contributed by atoms with Crippen LogP contribution in [0.5, 0.6) is 11.5 Å². The zero-order valence-electron chi connectivity index (χ0n) is 15.0. The lowest BCUT2D eigenvalue weighted by Gasteiger charge is -2.34. The minimum atomic E-state index is -0.215. The minimum absolute atomic E-state index is 0.0575. The zero-order chi connectivity index (χ0) is 18.5. The molecule has 1 fully saturated rings. The van der Waals surface area contributed by atoms with Gasteiger partial charge in [0.2, 0.25) is 5.91 Å². The van der Waals surface area contributed by atoms with Gasteiger partial charge in [-0.05, 0) is 31.2 Å². The van der Waals surface area contributed by atoms with Crippen molar-refractivity contribution >= 4 is 17.5 Å². The Morgan fingerprint density at radius 2 is 1.73 bits per heavy atom. The van der Waals surface area contributed by atoms with Crippen molar-refractivity contribution < 1.29 is 19.1 Å². The van der Waals surface area contributed by atoms with Crippen molar-refractivity contribution in [2.45, 2.75) is 6.92 Å². The van der Waals surface area contributed by atoms with E-state index in [0.717, 1.165) is 11.3 Å². The molecule has 2 amide bonds. The lowest BCUT2D eigenvalue weighted by molar-refractivity contribution is -0.138. The summed E-state index contributed by atoms with van der Waals surface area (Å²) in [4.78, 5) is 28.1. The predicted molar refractivity (Wildman–Crippen MR) is 98.6 cm³/mol. The second-order valence-electron chi connectivity index (χ2n) is 6.14. The van der Waals surface area contributed by atoms with Gasteiger partial charge in [-0.25, -0.2) is 0 Å². The van der Waals surface area contributed by atoms with Crippen LogP contribution in [-0.4, -0.2) is 50.1 Å². The van der Waals surface area contributed by atoms with Gasteiger partial charge < -0.3 is 19.3 Å². The molecular weight excluding hydrogens is 332 g/mol. The first-order valence-corrected chi connectivity index (χ1v) is 8.49. The SMILES string of the molecule is COc1ccccc1OCC(=O)N1CCN(c2ccc(C)cc2)C(=O)C1. The number of carbonyl (C=O) groups is 2. The zero-order valence-corrected chi connectivity index (χ0v) is 15.0. The molecule has 6 nitrogen and oxygen atoms in total. The predicted octanol–water partition coefficient (Wildman–Crippen LogP) is 2.26. The van der Waals surface area contributed by atoms with Crippen LogP contribution in [0.3, 0.4) is 0 Å². The first-order chi connectivity index (χ1) is 12.6. The van der Waals surface area contributed by atoms with Crippen LogP contribution < -0.4 is 14.4 Å². The molecule has 0 saturated carbocycles. The normalized spacial score (nSPS) is 14.3. The molecule has 0 atom stereocenters. The van der Waals surface area contributed by atoms with Crippen molar-refractivity contribution in [2.75, 3.05) is 38.3 Å². The van der Waals surface area contributed by atoms with E-state index in [2.05, 4.69) is 0 Å². The van der Waals surface area contributed by atoms with Crippen molar-refractivity contribution in [3.8, 4) is 11.5 Å². The highest BCUT2D eigenvalue weighted by molar-refractivity contribution is 5.98. The number of hydrogen-bond donors (Lipinski definition) is 0. The Bertz CT molecular complexity index is 789. The van der Waals surface area contributed by atoms with Gasteiger partial charge in [0, 0.05) is 18.8 Å². The number of aryl methyl sites for hydroxylation is 1. The second-order valence-corrected chi connectivity index (χ2v) is 6.14. The molecule has 3 rings (SSSR count). The number of anilines is 1. The van der Waals surface area contributed by atoms with E-state index in [1.807, 2.05) is 43.3 Å². The molecule has 0 N–H and O–H groups in total. The highest BCUT2D eigenvalue weighted by atomic mass is 16.5. The van der Waals surface area contributed by atoms with Gasteiger partial charge >= 0.3 is 0 Å². The molecule has 2 aromatic rings. The molecule has 0 bridgehead atoms. The number of nitrogens with zero attached hydrogens (tertiary/aromatic N) is 2. The van der Waals surface area contributed by atoms with Crippen LogP contribution in [0.15, 0.2) is 48.5 Å². The number of benzene rings is 2. The fourth-order valence-corrected chi connectivity index (χ4v) is 2.85. The van der Waals surface area contributed by atoms with Crippen molar-refractivity contribution in [3.05, 3.63) is 54.1 Å². The number of ether oxygens (including phenoxy) is 2. The third-order valence-corrected chi connectivity index (χ3v) is 4.34. The number of rotatable bonds is 5. The van der Waals surface area contributed by atoms with Gasteiger partial charge in [-0.1, -0.05) is 29.8 Å². The lowest BCUT2D eigenvalue weighted by Crippen LogP contribution is -2.53. The third-order valence-electron chi connectivity index (χ3n) is 4.34. The van der Waals surface area contributed by atoms with Gasteiger partial charge in [-0.15, -0.1) is 0 Å². The molecule has 136 valence electrons. The number of hydrogen-bond acceptors (Lipinski definition) is 4. The highest BCUT2D eigenvalue weighted by Gasteiger charge is 2.28. The Kier molecular flexibility index (Phi) is 5.41. The third kappa shape index (κ3) is 3.96. The van der Waals surface area contributed by atoms with Crippen LogP contribution in [0, 0.1) is 6.92 Å². The van der Waals surface area contributed by atoms with Gasteiger partial charge in [0.15, 0.2) is 18.1 Å². The molecule has 2 aromatic carbocycles. The topological polar surface area (TPSA) is 59.1 Å². The number of piperazine rings is 1. The summed E-state index contributed by atoms with van der Waals surface area (Å²) < 4.78 is 10.8. The van der Waals surface area contributed by atoms with E-state index in [0.29, 0.717) is 24.6 Å². The Morgan fingerprint density at radius 3 is 2.38 bits per heavy atom. The quantitative estimate of drug-likeness (QED) is 0.826. The fraction of sp³-hybridized carbons (Fsp3) is 0.300. The maximum absolute atomic E-state index is 12.4. The van der Waals surface area contributed by atoms with E-state index in [1.54, 1.807) is 24.1 Å². The first-order valence-electron chi connectivity index (χ1n) is 8.49. The number of amides is 2. The molecule has 6 heteroatoms. The maximum Gasteiger partial charge on any atom is 0.261 e. The van der Waals surface area contributed by atoms with Crippen molar-refractivity contribution in [2.24, 2.45) is 0 Å². The summed E-state index contributed by atoms with van der Waals surface area (Å²) in [5, 5.41) is 0. The molecule has 0 radical (unpaired) electrons. The largest absolute Gasteiger partial charge is 0.493 e. The summed E-state index contributed by atoms with van der Waals surface area (Å²) in [5.41, 5.74) is 2.00. The van der Waals surface area contributed by atoms with Crippen LogP contribution in [0.2, 0.25) is 0 Å². The van der Waals surface area contributed by atoms with Crippen molar-refractivity contribution in [1.82, 2.24) is 4.90 Å². The summed E-state index contributed by atoms with van der Waals surface area (Å²) in [7, 11) is 1.55. The van der Waals surface area contributed by atoms with Gasteiger partial charge in [0.1, 0.15) is 6.54 Å². The molecule has 1 aliphatic heterocycles. The van der Waals surface area contributed by atoms with Gasteiger partial charge in [0.05, 0.1) is 7.11 Å². The summed E-state index contributed by atoms with van der Waals surface area (Å²) in [6.07, 6.45) is 0. The Balaban J connectivity index is 1.57. The fourth-order valence-electron chi connectivity index (χ4n) is 2.85. The van der Waals surface area contributed by atoms with E-state index in [1.165, 1.54) is 4.90 Å². The minimum Gasteiger partial charge on any atom is -0.493 e. The van der Waals surface area contributed by atoms with Crippen LogP contribution in [0.4, 0.5) is 5.69 Å². The Labute approximate surface area is 152 Å². The summed E-state index contributed by atoms with van der Waals surface area (Å²) in [5.74, 6) is 0.770. The van der Waals surface area contributed by atoms with Gasteiger partial charge in [0.25, 0.3) is 5.91 Å². The molecule has 0 aliphatic carbocycles. The number of para-hydroxylation sites is 2. The van der Waals surface area contributed by atoms with Gasteiger partial charge in [-0.2, -0.15) is 0 Å².